The standard InChI is InChI=1S/C22H24N6O.C17H26N4OS.C16H24N4O.C15H17N5OS.C14H20N4O/c23-22-17-7-6-16(21(17)24-13-25-22)9-27-10-18(20(29)12-27)19-11-28(14-26-19)8-15-4-2-1-3-5-15;1-2-23-7-3-4-12-8-21(10-15(12)22)9-13-5-6-14-16(13)19-11-20-17(14)18;1-10(2)5-12-7-20(8-14(12)21)6-11-3-4-13-15(11)18-9-19-16(13)17;16-14-10-2-1-9(13(10)18-8-19-14)5-20-6-11(12(21)7-20)15-17-3-4-22-15;1-2-9-5-18(7-12(9)19)6-10-3-4-11-13(10)16-8-17-14(11)15/h1-6,11,13-14,18,20,29H,7-10,12H2,(H2,23,24,25);5,11-12,15,22H,2-4,6-10H2,1H3,(H2,18,19,20);3,9-10,12,14,21H,4-8H2,1-2H3,(H2,17,18,19);1,3-4,8,11-12,21H,2,5-7H2,(H2,16,18,19);3,8-9,12,19H,2,4-7H2,1H3,(H2,15,16,17)/t18-,20+;12-,15-;12-,14-;11-,12-;9-,12+/m10001/s1. The molecular weight excluding hydrogens is 1480 g/mol. The number of hydrogen-bond acceptors (Lipinski definition) is 29. The number of nitrogen functional groups attached to an aromatic ring is 5. The highest BCUT2D eigenvalue weighted by Crippen LogP contribution is 2.39. The number of nitrogens with two attached hydrogens (primary N) is 5. The zero-order valence-corrected chi connectivity index (χ0v) is 67.5. The van der Waals surface area contributed by atoms with E-state index in [-0.39, 0.29) is 36.3 Å². The Kier molecular flexibility index (Phi) is 27.1. The van der Waals surface area contributed by atoms with E-state index in [1.807, 2.05) is 41.7 Å². The number of rotatable bonds is 22. The Morgan fingerprint density at radius 1 is 0.439 bits per heavy atom. The van der Waals surface area contributed by atoms with E-state index in [1.165, 1.54) is 71.1 Å². The van der Waals surface area contributed by atoms with E-state index in [0.29, 0.717) is 65.9 Å². The highest BCUT2D eigenvalue weighted by atomic mass is 32.2. The topological polar surface area (TPSA) is 407 Å². The quantitative estimate of drug-likeness (QED) is 0.0324. The number of thiazole rings is 1. The molecular formula is C84H111N23O5S2. The number of allylic oxidation sites excluding steroid dienone is 5. The third-order valence-electron chi connectivity index (χ3n) is 23.7. The van der Waals surface area contributed by atoms with Crippen LogP contribution in [0.4, 0.5) is 29.1 Å². The molecule has 0 bridgehead atoms. The summed E-state index contributed by atoms with van der Waals surface area (Å²) in [5, 5.41) is 54.4. The van der Waals surface area contributed by atoms with Crippen molar-refractivity contribution in [1.29, 1.82) is 0 Å². The van der Waals surface area contributed by atoms with Gasteiger partial charge in [0.1, 0.15) is 60.7 Å². The van der Waals surface area contributed by atoms with Crippen molar-refractivity contribution in [3.8, 4) is 0 Å². The number of aliphatic hydroxyl groups is 5. The first-order valence-electron chi connectivity index (χ1n) is 40.3. The molecule has 5 saturated heterocycles. The third-order valence-corrected chi connectivity index (χ3v) is 25.6. The van der Waals surface area contributed by atoms with Crippen LogP contribution < -0.4 is 28.7 Å². The summed E-state index contributed by atoms with van der Waals surface area (Å²) in [7, 11) is 0. The molecule has 0 unspecified atom stereocenters. The van der Waals surface area contributed by atoms with E-state index in [0.717, 1.165) is 216 Å². The number of likely N-dealkylation sites (tertiary alicyclic amines) is 5. The molecule has 12 heterocycles. The normalized spacial score (nSPS) is 24.1. The molecule has 604 valence electrons. The minimum absolute atomic E-state index is 0.0176. The number of imidazole rings is 1. The predicted molar refractivity (Wildman–Crippen MR) is 451 cm³/mol. The van der Waals surface area contributed by atoms with Gasteiger partial charge in [0.25, 0.3) is 0 Å². The zero-order chi connectivity index (χ0) is 79.5. The number of thioether (sulfide) groups is 1. The Balaban J connectivity index is 0.000000119. The average Bonchev–Trinajstić information content (AvgIpc) is 1.63. The highest BCUT2D eigenvalue weighted by Gasteiger charge is 2.39. The van der Waals surface area contributed by atoms with Gasteiger partial charge in [0, 0.05) is 156 Å². The molecule has 5 fully saturated rings. The van der Waals surface area contributed by atoms with Crippen LogP contribution in [0.15, 0.2) is 116 Å². The molecule has 0 spiro atoms. The van der Waals surface area contributed by atoms with Crippen LogP contribution >= 0.6 is 23.1 Å². The first kappa shape index (κ1) is 81.7. The van der Waals surface area contributed by atoms with Crippen LogP contribution in [0, 0.1) is 23.7 Å². The first-order chi connectivity index (χ1) is 55.3. The van der Waals surface area contributed by atoms with Gasteiger partial charge >= 0.3 is 0 Å². The molecule has 10 aliphatic rings. The van der Waals surface area contributed by atoms with Crippen LogP contribution in [0.25, 0.3) is 27.9 Å². The predicted octanol–water partition coefficient (Wildman–Crippen LogP) is 6.48. The van der Waals surface area contributed by atoms with E-state index in [9.17, 15) is 25.5 Å². The Bertz CT molecular complexity index is 4750. The number of aliphatic hydroxyl groups excluding tert-OH is 5. The highest BCUT2D eigenvalue weighted by molar-refractivity contribution is 7.99. The van der Waals surface area contributed by atoms with E-state index in [2.05, 4.69) is 165 Å². The molecule has 28 nitrogen and oxygen atoms in total. The van der Waals surface area contributed by atoms with Gasteiger partial charge in [-0.3, -0.25) is 24.5 Å². The molecule has 7 aromatic heterocycles. The monoisotopic (exact) mass is 1590 g/mol. The van der Waals surface area contributed by atoms with Gasteiger partial charge in [0.15, 0.2) is 0 Å². The van der Waals surface area contributed by atoms with Crippen molar-refractivity contribution in [1.82, 2.24) is 88.9 Å². The van der Waals surface area contributed by atoms with Crippen molar-refractivity contribution in [3.63, 3.8) is 0 Å². The van der Waals surface area contributed by atoms with Gasteiger partial charge in [0.05, 0.1) is 81.9 Å². The summed E-state index contributed by atoms with van der Waals surface area (Å²) in [6.07, 6.45) is 31.4. The fraction of sp³-hybridized carbons (Fsp3) is 0.500. The van der Waals surface area contributed by atoms with Gasteiger partial charge in [-0.15, -0.1) is 11.3 Å². The van der Waals surface area contributed by atoms with E-state index in [1.54, 1.807) is 23.9 Å². The minimum atomic E-state index is -0.424. The Hall–Kier alpha value is -8.89. The van der Waals surface area contributed by atoms with Gasteiger partial charge in [-0.2, -0.15) is 11.8 Å². The maximum Gasteiger partial charge on any atom is 0.130 e. The molecule has 18 rings (SSSR count). The van der Waals surface area contributed by atoms with Crippen molar-refractivity contribution in [2.24, 2.45) is 23.7 Å². The second-order valence-electron chi connectivity index (χ2n) is 32.1. The van der Waals surface area contributed by atoms with Crippen LogP contribution in [-0.4, -0.2) is 255 Å². The second-order valence-corrected chi connectivity index (χ2v) is 34.4. The molecule has 30 heteroatoms. The van der Waals surface area contributed by atoms with Gasteiger partial charge in [-0.25, -0.2) is 59.8 Å². The minimum Gasteiger partial charge on any atom is -0.391 e. The number of aromatic nitrogens is 13. The van der Waals surface area contributed by atoms with Crippen molar-refractivity contribution in [2.45, 2.75) is 134 Å². The number of hydrogen-bond donors (Lipinski definition) is 10. The molecule has 114 heavy (non-hydrogen) atoms. The van der Waals surface area contributed by atoms with Crippen LogP contribution in [0.5, 0.6) is 0 Å². The van der Waals surface area contributed by atoms with Gasteiger partial charge in [-0.1, -0.05) is 88.4 Å². The summed E-state index contributed by atoms with van der Waals surface area (Å²) < 4.78 is 2.08. The SMILES string of the molecule is CC(C)C[C@H]1CN(CC2=CCc3c(N)ncnc32)C[C@@H]1O.CCSCCC[C@H]1CN(CC2=CCc3c(N)ncnc32)C[C@@H]1O.CC[C@@H]1CN(CC2=CCc3c(N)ncnc32)C[C@@H]1O.Nc1ncnc2c1CC=C2CN1C[C@H](c2cn(Cc3ccccc3)cn2)[C@@H](O)C1.Nc1ncnc2c1CC=C2CN1C[C@H](c2nccs2)[C@@H](O)C1. The zero-order valence-electron chi connectivity index (χ0n) is 65.9. The second kappa shape index (κ2) is 37.8. The Morgan fingerprint density at radius 2 is 0.825 bits per heavy atom. The summed E-state index contributed by atoms with van der Waals surface area (Å²) in [6, 6.07) is 10.3. The molecule has 5 aliphatic carbocycles. The maximum absolute atomic E-state index is 10.7. The van der Waals surface area contributed by atoms with E-state index < -0.39 is 6.10 Å². The maximum atomic E-state index is 10.7. The molecule has 0 amide bonds. The Labute approximate surface area is 676 Å². The van der Waals surface area contributed by atoms with Crippen LogP contribution in [0.3, 0.4) is 0 Å². The molecule has 10 atom stereocenters. The third kappa shape index (κ3) is 19.6. The molecule has 0 radical (unpaired) electrons. The number of nitrogens with zero attached hydrogens (tertiary/aromatic N) is 18. The van der Waals surface area contributed by atoms with Crippen molar-refractivity contribution >= 4 is 80.1 Å². The summed E-state index contributed by atoms with van der Waals surface area (Å²) in [5.74, 6) is 7.23. The van der Waals surface area contributed by atoms with E-state index >= 15 is 0 Å². The van der Waals surface area contributed by atoms with Crippen LogP contribution in [0.2, 0.25) is 0 Å². The number of benzene rings is 1. The van der Waals surface area contributed by atoms with Crippen molar-refractivity contribution in [3.05, 3.63) is 189 Å². The number of anilines is 5. The molecule has 15 N–H and O–H groups in total. The summed E-state index contributed by atoms with van der Waals surface area (Å²) in [6.45, 7) is 21.7. The first-order valence-corrected chi connectivity index (χ1v) is 42.3. The molecule has 0 saturated carbocycles. The van der Waals surface area contributed by atoms with Gasteiger partial charge < -0.3 is 58.8 Å². The number of fused-ring (bicyclic) bond motifs is 5. The average molecular weight is 1590 g/mol. The van der Waals surface area contributed by atoms with Crippen LogP contribution in [-0.2, 0) is 38.6 Å². The lowest BCUT2D eigenvalue weighted by Crippen LogP contribution is -2.24. The Morgan fingerprint density at radius 3 is 1.23 bits per heavy atom. The van der Waals surface area contributed by atoms with Crippen molar-refractivity contribution in [2.75, 3.05) is 138 Å². The van der Waals surface area contributed by atoms with E-state index in [4.69, 9.17) is 28.7 Å². The lowest BCUT2D eigenvalue weighted by molar-refractivity contribution is 0.132. The van der Waals surface area contributed by atoms with Crippen molar-refractivity contribution < 1.29 is 25.5 Å². The fourth-order valence-electron chi connectivity index (χ4n) is 17.7. The summed E-state index contributed by atoms with van der Waals surface area (Å²) in [5.41, 5.74) is 47.8. The number of β-amino-alcohol motifs (C(OH)–C–C–N with tert-alkyl or cyclic N) is 5. The van der Waals surface area contributed by atoms with Gasteiger partial charge in [-0.05, 0) is 126 Å². The fourth-order valence-corrected chi connectivity index (χ4v) is 19.2. The summed E-state index contributed by atoms with van der Waals surface area (Å²) >= 11 is 3.59. The largest absolute Gasteiger partial charge is 0.391 e. The molecule has 5 aliphatic heterocycles. The summed E-state index contributed by atoms with van der Waals surface area (Å²) in [4.78, 5) is 62.6. The lowest BCUT2D eigenvalue weighted by Gasteiger charge is -2.17. The lowest BCUT2D eigenvalue weighted by atomic mass is 9.95. The molecule has 8 aromatic rings. The molecule has 1 aromatic carbocycles. The van der Waals surface area contributed by atoms with Crippen LogP contribution in [0.1, 0.15) is 138 Å². The van der Waals surface area contributed by atoms with Gasteiger partial charge in [0.2, 0.25) is 0 Å². The smallest absolute Gasteiger partial charge is 0.130 e.